The van der Waals surface area contributed by atoms with Crippen LogP contribution in [0.2, 0.25) is 0 Å². The van der Waals surface area contributed by atoms with Crippen LogP contribution >= 0.6 is 0 Å². The molecule has 11 aromatic rings. The minimum Gasteiger partial charge on any atom is -0.356 e. The van der Waals surface area contributed by atoms with Gasteiger partial charge in [0.1, 0.15) is 0 Å². The lowest BCUT2D eigenvalue weighted by Crippen LogP contribution is -2.16. The van der Waals surface area contributed by atoms with Crippen LogP contribution in [0.25, 0.3) is 76.8 Å². The van der Waals surface area contributed by atoms with E-state index in [0.29, 0.717) is 0 Å². The van der Waals surface area contributed by atoms with Crippen molar-refractivity contribution in [2.24, 2.45) is 0 Å². The Kier molecular flexibility index (Phi) is 9.21. The van der Waals surface area contributed by atoms with Crippen molar-refractivity contribution in [1.82, 2.24) is 0 Å². The molecule has 65 heavy (non-hydrogen) atoms. The van der Waals surface area contributed by atoms with E-state index in [1.807, 2.05) is 0 Å². The zero-order valence-corrected chi connectivity index (χ0v) is 36.5. The zero-order valence-electron chi connectivity index (χ0n) is 36.5. The highest BCUT2D eigenvalue weighted by molar-refractivity contribution is 6.26. The second-order valence-electron chi connectivity index (χ2n) is 17.8. The summed E-state index contributed by atoms with van der Waals surface area (Å²) in [6.45, 7) is 4.79. The second-order valence-corrected chi connectivity index (χ2v) is 17.8. The first kappa shape index (κ1) is 38.5. The Labute approximate surface area is 380 Å². The van der Waals surface area contributed by atoms with Crippen molar-refractivity contribution in [2.75, 3.05) is 10.2 Å². The maximum Gasteiger partial charge on any atom is 0.0465 e. The SMILES string of the molecule is CC1(C)c2cc(N(c3ccc(-c4ccccc4)cc3)c3ccc(-c4ccc(Nc5ccc(-c6ccccc6)cc5)cc4)cc3)ccc2-c2cc3c4ccccc4c4ccccc4c3cc21. The van der Waals surface area contributed by atoms with Gasteiger partial charge in [-0.3, -0.25) is 0 Å². The van der Waals surface area contributed by atoms with Gasteiger partial charge in [0, 0.05) is 33.9 Å². The summed E-state index contributed by atoms with van der Waals surface area (Å²) in [4.78, 5) is 2.41. The molecule has 11 aromatic carbocycles. The Morgan fingerprint density at radius 1 is 0.292 bits per heavy atom. The van der Waals surface area contributed by atoms with Gasteiger partial charge in [-0.15, -0.1) is 0 Å². The Hall–Kier alpha value is -8.20. The lowest BCUT2D eigenvalue weighted by atomic mass is 9.81. The summed E-state index contributed by atoms with van der Waals surface area (Å²) in [7, 11) is 0. The van der Waals surface area contributed by atoms with Gasteiger partial charge in [-0.05, 0) is 161 Å². The van der Waals surface area contributed by atoms with Crippen molar-refractivity contribution in [3.63, 3.8) is 0 Å². The van der Waals surface area contributed by atoms with Crippen molar-refractivity contribution in [1.29, 1.82) is 0 Å². The zero-order chi connectivity index (χ0) is 43.5. The molecule has 0 bridgehead atoms. The van der Waals surface area contributed by atoms with Gasteiger partial charge in [-0.1, -0.05) is 178 Å². The summed E-state index contributed by atoms with van der Waals surface area (Å²) in [5.74, 6) is 0. The summed E-state index contributed by atoms with van der Waals surface area (Å²) in [6, 6.07) is 86.3. The van der Waals surface area contributed by atoms with Gasteiger partial charge in [0.05, 0.1) is 0 Å². The molecular weight excluding hydrogens is 785 g/mol. The van der Waals surface area contributed by atoms with Gasteiger partial charge in [-0.25, -0.2) is 0 Å². The summed E-state index contributed by atoms with van der Waals surface area (Å²) >= 11 is 0. The topological polar surface area (TPSA) is 15.3 Å². The number of anilines is 5. The van der Waals surface area contributed by atoms with E-state index in [2.05, 4.69) is 261 Å². The normalized spacial score (nSPS) is 12.6. The number of hydrogen-bond donors (Lipinski definition) is 1. The third kappa shape index (κ3) is 6.74. The summed E-state index contributed by atoms with van der Waals surface area (Å²) in [5.41, 5.74) is 17.8. The first-order chi connectivity index (χ1) is 32.0. The molecule has 1 aliphatic rings. The van der Waals surface area contributed by atoms with Crippen molar-refractivity contribution in [2.45, 2.75) is 19.3 Å². The highest BCUT2D eigenvalue weighted by Gasteiger charge is 2.37. The van der Waals surface area contributed by atoms with Gasteiger partial charge in [0.15, 0.2) is 0 Å². The van der Waals surface area contributed by atoms with Crippen LogP contribution in [0.4, 0.5) is 28.4 Å². The first-order valence-electron chi connectivity index (χ1n) is 22.6. The fourth-order valence-corrected chi connectivity index (χ4v) is 10.2. The molecule has 0 saturated heterocycles. The van der Waals surface area contributed by atoms with Crippen LogP contribution in [0.5, 0.6) is 0 Å². The predicted molar refractivity (Wildman–Crippen MR) is 277 cm³/mol. The average molecular weight is 831 g/mol. The molecular formula is C63H46N2. The summed E-state index contributed by atoms with van der Waals surface area (Å²) in [5, 5.41) is 11.4. The fourth-order valence-electron chi connectivity index (χ4n) is 10.2. The van der Waals surface area contributed by atoms with E-state index < -0.39 is 0 Å². The van der Waals surface area contributed by atoms with Crippen LogP contribution in [0.1, 0.15) is 25.0 Å². The molecule has 0 atom stereocenters. The third-order valence-corrected chi connectivity index (χ3v) is 13.6. The average Bonchev–Trinajstić information content (AvgIpc) is 3.59. The van der Waals surface area contributed by atoms with Crippen LogP contribution < -0.4 is 10.2 Å². The minimum absolute atomic E-state index is 0.207. The molecule has 0 amide bonds. The first-order valence-corrected chi connectivity index (χ1v) is 22.6. The molecule has 0 radical (unpaired) electrons. The Morgan fingerprint density at radius 3 is 1.11 bits per heavy atom. The van der Waals surface area contributed by atoms with Crippen LogP contribution in [0.15, 0.2) is 237 Å². The van der Waals surface area contributed by atoms with Crippen LogP contribution in [-0.2, 0) is 5.41 Å². The number of benzene rings is 11. The smallest absolute Gasteiger partial charge is 0.0465 e. The largest absolute Gasteiger partial charge is 0.356 e. The van der Waals surface area contributed by atoms with E-state index in [9.17, 15) is 0 Å². The molecule has 2 nitrogen and oxygen atoms in total. The van der Waals surface area contributed by atoms with Gasteiger partial charge >= 0.3 is 0 Å². The van der Waals surface area contributed by atoms with Gasteiger partial charge in [0.2, 0.25) is 0 Å². The number of hydrogen-bond acceptors (Lipinski definition) is 2. The monoisotopic (exact) mass is 830 g/mol. The third-order valence-electron chi connectivity index (χ3n) is 13.6. The highest BCUT2D eigenvalue weighted by atomic mass is 15.1. The number of fused-ring (bicyclic) bond motifs is 9. The Morgan fingerprint density at radius 2 is 0.646 bits per heavy atom. The van der Waals surface area contributed by atoms with Crippen LogP contribution in [0.3, 0.4) is 0 Å². The predicted octanol–water partition coefficient (Wildman–Crippen LogP) is 17.7. The Balaban J connectivity index is 0.895. The van der Waals surface area contributed by atoms with Crippen molar-refractivity contribution in [3.8, 4) is 44.5 Å². The summed E-state index contributed by atoms with van der Waals surface area (Å²) < 4.78 is 0. The summed E-state index contributed by atoms with van der Waals surface area (Å²) in [6.07, 6.45) is 0. The van der Waals surface area contributed by atoms with E-state index in [1.54, 1.807) is 0 Å². The maximum atomic E-state index is 3.58. The minimum atomic E-state index is -0.207. The molecule has 308 valence electrons. The molecule has 0 aromatic heterocycles. The van der Waals surface area contributed by atoms with Crippen LogP contribution in [0, 0.1) is 0 Å². The quantitative estimate of drug-likeness (QED) is 0.154. The van der Waals surface area contributed by atoms with E-state index in [-0.39, 0.29) is 5.41 Å². The van der Waals surface area contributed by atoms with Crippen LogP contribution in [-0.4, -0.2) is 0 Å². The molecule has 1 N–H and O–H groups in total. The molecule has 0 unspecified atom stereocenters. The number of nitrogens with one attached hydrogen (secondary N) is 1. The van der Waals surface area contributed by atoms with E-state index >= 15 is 0 Å². The molecule has 1 aliphatic carbocycles. The van der Waals surface area contributed by atoms with Gasteiger partial charge in [0.25, 0.3) is 0 Å². The fraction of sp³-hybridized carbons (Fsp3) is 0.0476. The standard InChI is InChI=1S/C63H46N2/c1-63(2)61-39-52(37-38-57(61)60-40-58-55-19-11-9-17-53(55)54-18-10-12-20-56(54)59(58)41-62(60)63)65(50-33-25-46(26-34-50)43-15-7-4-8-16-43)51-35-27-47(28-36-51)45-23-31-49(32-24-45)64-48-29-21-44(22-30-48)42-13-5-3-6-14-42/h3-41,64H,1-2H3. The second kappa shape index (κ2) is 15.6. The van der Waals surface area contributed by atoms with Crippen molar-refractivity contribution >= 4 is 60.8 Å². The highest BCUT2D eigenvalue weighted by Crippen LogP contribution is 2.53. The Bertz CT molecular complexity index is 3540. The molecule has 2 heteroatoms. The van der Waals surface area contributed by atoms with E-state index in [1.165, 1.54) is 88.0 Å². The maximum absolute atomic E-state index is 3.58. The van der Waals surface area contributed by atoms with E-state index in [0.717, 1.165) is 28.4 Å². The van der Waals surface area contributed by atoms with Crippen molar-refractivity contribution < 1.29 is 0 Å². The van der Waals surface area contributed by atoms with Crippen molar-refractivity contribution in [3.05, 3.63) is 248 Å². The molecule has 0 heterocycles. The lowest BCUT2D eigenvalue weighted by molar-refractivity contribution is 0.661. The molecule has 0 saturated carbocycles. The number of nitrogens with zero attached hydrogens (tertiary/aromatic N) is 1. The molecule has 12 rings (SSSR count). The molecule has 0 aliphatic heterocycles. The molecule has 0 fully saturated rings. The lowest BCUT2D eigenvalue weighted by Gasteiger charge is -2.28. The number of rotatable bonds is 8. The molecule has 0 spiro atoms. The van der Waals surface area contributed by atoms with Gasteiger partial charge in [-0.2, -0.15) is 0 Å². The van der Waals surface area contributed by atoms with Gasteiger partial charge < -0.3 is 10.2 Å². The van der Waals surface area contributed by atoms with E-state index in [4.69, 9.17) is 0 Å².